The molecule has 0 saturated heterocycles. The third-order valence-corrected chi connectivity index (χ3v) is 4.74. The van der Waals surface area contributed by atoms with Gasteiger partial charge in [-0.05, 0) is 50.1 Å². The van der Waals surface area contributed by atoms with E-state index in [-0.39, 0.29) is 18.3 Å². The Labute approximate surface area is 143 Å². The number of carbonyl (C=O) groups excluding carboxylic acids is 1. The van der Waals surface area contributed by atoms with Crippen LogP contribution in [0.1, 0.15) is 24.0 Å². The first-order chi connectivity index (χ1) is 10.1. The highest BCUT2D eigenvalue weighted by Gasteiger charge is 2.06. The fourth-order valence-corrected chi connectivity index (χ4v) is 3.14. The second-order valence-corrected chi connectivity index (χ2v) is 6.61. The average Bonchev–Trinajstić information content (AvgIpc) is 2.50. The van der Waals surface area contributed by atoms with Crippen LogP contribution in [-0.4, -0.2) is 31.3 Å². The minimum atomic E-state index is 0. The lowest BCUT2D eigenvalue weighted by Crippen LogP contribution is -2.29. The Morgan fingerprint density at radius 1 is 1.32 bits per heavy atom. The molecule has 0 atom stereocenters. The van der Waals surface area contributed by atoms with Gasteiger partial charge in [0, 0.05) is 30.2 Å². The summed E-state index contributed by atoms with van der Waals surface area (Å²) < 4.78 is 0. The van der Waals surface area contributed by atoms with Crippen LogP contribution in [-0.2, 0) is 4.79 Å². The molecule has 22 heavy (non-hydrogen) atoms. The van der Waals surface area contributed by atoms with Gasteiger partial charge in [0.05, 0.1) is 0 Å². The number of nitrogens with one attached hydrogen (secondary N) is 2. The molecule has 0 radical (unpaired) electrons. The van der Waals surface area contributed by atoms with Gasteiger partial charge >= 0.3 is 0 Å². The van der Waals surface area contributed by atoms with Crippen LogP contribution in [0, 0.1) is 13.8 Å². The first-order valence-electron chi connectivity index (χ1n) is 7.50. The van der Waals surface area contributed by atoms with Crippen molar-refractivity contribution in [3.8, 4) is 0 Å². The van der Waals surface area contributed by atoms with Crippen LogP contribution in [0.2, 0.25) is 0 Å². The van der Waals surface area contributed by atoms with Crippen LogP contribution in [0.5, 0.6) is 0 Å². The van der Waals surface area contributed by atoms with Crippen molar-refractivity contribution in [2.45, 2.75) is 31.6 Å². The molecule has 2 N–H and O–H groups in total. The van der Waals surface area contributed by atoms with Crippen LogP contribution in [0.4, 0.5) is 0 Å². The highest BCUT2D eigenvalue weighted by molar-refractivity contribution is 7.99. The molecule has 0 spiro atoms. The third-order valence-electron chi connectivity index (χ3n) is 3.75. The predicted molar refractivity (Wildman–Crippen MR) is 97.1 cm³/mol. The van der Waals surface area contributed by atoms with Crippen molar-refractivity contribution in [1.29, 1.82) is 0 Å². The van der Waals surface area contributed by atoms with Gasteiger partial charge in [-0.3, -0.25) is 4.79 Å². The Morgan fingerprint density at radius 2 is 2.14 bits per heavy atom. The number of carbonyl (C=O) groups is 1. The van der Waals surface area contributed by atoms with E-state index in [0.29, 0.717) is 13.0 Å². The lowest BCUT2D eigenvalue weighted by molar-refractivity contribution is -0.120. The van der Waals surface area contributed by atoms with Crippen LogP contribution in [0.25, 0.3) is 0 Å². The summed E-state index contributed by atoms with van der Waals surface area (Å²) in [4.78, 5) is 13.1. The Bertz CT molecular complexity index is 531. The second-order valence-electron chi connectivity index (χ2n) is 5.44. The lowest BCUT2D eigenvalue weighted by atomic mass is 10.1. The summed E-state index contributed by atoms with van der Waals surface area (Å²) in [6.45, 7) is 6.89. The van der Waals surface area contributed by atoms with Gasteiger partial charge in [-0.2, -0.15) is 0 Å². The summed E-state index contributed by atoms with van der Waals surface area (Å²) in [5.41, 5.74) is 3.96. The predicted octanol–water partition coefficient (Wildman–Crippen LogP) is 3.24. The number of benzene rings is 1. The molecule has 1 heterocycles. The van der Waals surface area contributed by atoms with E-state index in [1.165, 1.54) is 21.6 Å². The molecule has 122 valence electrons. The molecule has 0 unspecified atom stereocenters. The number of thioether (sulfide) groups is 1. The van der Waals surface area contributed by atoms with Crippen molar-refractivity contribution in [3.05, 3.63) is 41.0 Å². The SMILES string of the molecule is Cc1ccc(SCCC(=O)NCC2=CCNCC2)cc1C.Cl. The fraction of sp³-hybridized carbons (Fsp3) is 0.471. The summed E-state index contributed by atoms with van der Waals surface area (Å²) >= 11 is 1.75. The van der Waals surface area contributed by atoms with E-state index in [0.717, 1.165) is 25.3 Å². The van der Waals surface area contributed by atoms with E-state index in [9.17, 15) is 4.79 Å². The minimum Gasteiger partial charge on any atom is -0.352 e. The maximum Gasteiger partial charge on any atom is 0.221 e. The number of halogens is 1. The van der Waals surface area contributed by atoms with Gasteiger partial charge in [0.25, 0.3) is 0 Å². The van der Waals surface area contributed by atoms with Crippen molar-refractivity contribution in [2.24, 2.45) is 0 Å². The number of aryl methyl sites for hydroxylation is 2. The number of hydrogen-bond acceptors (Lipinski definition) is 3. The zero-order chi connectivity index (χ0) is 15.1. The standard InChI is InChI=1S/C17H24N2OS.ClH/c1-13-3-4-16(11-14(13)2)21-10-7-17(20)19-12-15-5-8-18-9-6-15;/h3-5,11,18H,6-10,12H2,1-2H3,(H,19,20);1H. The summed E-state index contributed by atoms with van der Waals surface area (Å²) in [5, 5.41) is 6.28. The molecular weight excluding hydrogens is 316 g/mol. The molecule has 2 rings (SSSR count). The number of hydrogen-bond donors (Lipinski definition) is 2. The van der Waals surface area contributed by atoms with Crippen LogP contribution >= 0.6 is 24.2 Å². The van der Waals surface area contributed by atoms with E-state index < -0.39 is 0 Å². The van der Waals surface area contributed by atoms with Gasteiger partial charge in [0.15, 0.2) is 0 Å². The van der Waals surface area contributed by atoms with Gasteiger partial charge in [-0.15, -0.1) is 24.2 Å². The minimum absolute atomic E-state index is 0. The molecule has 0 saturated carbocycles. The molecule has 1 aliphatic rings. The highest BCUT2D eigenvalue weighted by Crippen LogP contribution is 2.21. The van der Waals surface area contributed by atoms with Crippen molar-refractivity contribution in [2.75, 3.05) is 25.4 Å². The fourth-order valence-electron chi connectivity index (χ4n) is 2.20. The summed E-state index contributed by atoms with van der Waals surface area (Å²) in [7, 11) is 0. The van der Waals surface area contributed by atoms with E-state index in [4.69, 9.17) is 0 Å². The number of amides is 1. The van der Waals surface area contributed by atoms with Crippen molar-refractivity contribution in [1.82, 2.24) is 10.6 Å². The molecule has 3 nitrogen and oxygen atoms in total. The largest absolute Gasteiger partial charge is 0.352 e. The Morgan fingerprint density at radius 3 is 2.82 bits per heavy atom. The molecule has 1 aliphatic heterocycles. The van der Waals surface area contributed by atoms with Crippen LogP contribution < -0.4 is 10.6 Å². The summed E-state index contributed by atoms with van der Waals surface area (Å²) in [5.74, 6) is 0.973. The molecule has 5 heteroatoms. The van der Waals surface area contributed by atoms with Crippen molar-refractivity contribution >= 4 is 30.1 Å². The first-order valence-corrected chi connectivity index (χ1v) is 8.49. The molecule has 1 aromatic rings. The van der Waals surface area contributed by atoms with E-state index in [1.54, 1.807) is 11.8 Å². The lowest BCUT2D eigenvalue weighted by Gasteiger charge is -2.14. The molecular formula is C17H25ClN2OS. The van der Waals surface area contributed by atoms with E-state index in [1.807, 2.05) is 0 Å². The van der Waals surface area contributed by atoms with Gasteiger partial charge in [0.1, 0.15) is 0 Å². The molecule has 0 bridgehead atoms. The topological polar surface area (TPSA) is 41.1 Å². The Kier molecular flexibility index (Phi) is 8.61. The second kappa shape index (κ2) is 9.93. The van der Waals surface area contributed by atoms with Crippen LogP contribution in [0.3, 0.4) is 0 Å². The summed E-state index contributed by atoms with van der Waals surface area (Å²) in [6.07, 6.45) is 3.79. The normalized spacial score (nSPS) is 14.0. The Hall–Kier alpha value is -0.970. The molecule has 0 aromatic heterocycles. The quantitative estimate of drug-likeness (QED) is 0.617. The van der Waals surface area contributed by atoms with Crippen LogP contribution in [0.15, 0.2) is 34.7 Å². The molecule has 0 fully saturated rings. The Balaban J connectivity index is 0.00000242. The highest BCUT2D eigenvalue weighted by atomic mass is 35.5. The first kappa shape index (κ1) is 19.1. The molecule has 1 amide bonds. The van der Waals surface area contributed by atoms with E-state index in [2.05, 4.69) is 48.8 Å². The summed E-state index contributed by atoms with van der Waals surface area (Å²) in [6, 6.07) is 6.46. The van der Waals surface area contributed by atoms with E-state index >= 15 is 0 Å². The van der Waals surface area contributed by atoms with Crippen molar-refractivity contribution < 1.29 is 4.79 Å². The molecule has 1 aromatic carbocycles. The van der Waals surface area contributed by atoms with Crippen molar-refractivity contribution in [3.63, 3.8) is 0 Å². The monoisotopic (exact) mass is 340 g/mol. The molecule has 0 aliphatic carbocycles. The smallest absolute Gasteiger partial charge is 0.221 e. The zero-order valence-electron chi connectivity index (χ0n) is 13.3. The van der Waals surface area contributed by atoms with Gasteiger partial charge in [0.2, 0.25) is 5.91 Å². The van der Waals surface area contributed by atoms with Gasteiger partial charge in [-0.1, -0.05) is 17.7 Å². The third kappa shape index (κ3) is 6.42. The maximum absolute atomic E-state index is 11.8. The van der Waals surface area contributed by atoms with Gasteiger partial charge in [-0.25, -0.2) is 0 Å². The maximum atomic E-state index is 11.8. The average molecular weight is 341 g/mol. The van der Waals surface area contributed by atoms with Gasteiger partial charge < -0.3 is 10.6 Å². The number of rotatable bonds is 6. The zero-order valence-corrected chi connectivity index (χ0v) is 14.9.